The first-order chi connectivity index (χ1) is 8.56. The Labute approximate surface area is 129 Å². The lowest BCUT2D eigenvalue weighted by Crippen LogP contribution is -3.00. The van der Waals surface area contributed by atoms with E-state index < -0.39 is 0 Å². The lowest BCUT2D eigenvalue weighted by Gasteiger charge is -2.05. The third kappa shape index (κ3) is 4.43. The molecule has 2 aromatic rings. The molecule has 0 amide bonds. The zero-order chi connectivity index (χ0) is 13.1. The summed E-state index contributed by atoms with van der Waals surface area (Å²) in [6, 6.07) is 9.62. The second kappa shape index (κ2) is 7.20. The zero-order valence-corrected chi connectivity index (χ0v) is 13.0. The zero-order valence-electron chi connectivity index (χ0n) is 10.7. The number of nitrogens with one attached hydrogen (secondary N) is 1. The number of rotatable bonds is 4. The predicted octanol–water partition coefficient (Wildman–Crippen LogP) is 1.76. The maximum Gasteiger partial charge on any atom is 0.135 e. The Kier molecular flexibility index (Phi) is 6.21. The number of furan rings is 1. The quantitative estimate of drug-likeness (QED) is 0.929. The molecular formula is C14H15Cl3NO-. The van der Waals surface area contributed by atoms with E-state index in [9.17, 15) is 0 Å². The second-order valence-electron chi connectivity index (χ2n) is 4.43. The van der Waals surface area contributed by atoms with Crippen LogP contribution in [0.2, 0.25) is 10.0 Å². The van der Waals surface area contributed by atoms with Crippen molar-refractivity contribution < 1.29 is 16.8 Å². The van der Waals surface area contributed by atoms with E-state index in [1.807, 2.05) is 18.2 Å². The molecule has 0 atom stereocenters. The Morgan fingerprint density at radius 2 is 1.89 bits per heavy atom. The van der Waals surface area contributed by atoms with E-state index in [1.54, 1.807) is 12.1 Å². The van der Waals surface area contributed by atoms with Gasteiger partial charge in [-0.25, -0.2) is 0 Å². The lowest BCUT2D eigenvalue weighted by molar-refractivity contribution is -0.00000424. The summed E-state index contributed by atoms with van der Waals surface area (Å²) >= 11 is 12.1. The number of hydrogen-bond donors (Lipinski definition) is 1. The van der Waals surface area contributed by atoms with E-state index in [-0.39, 0.29) is 12.4 Å². The van der Waals surface area contributed by atoms with Gasteiger partial charge in [0.05, 0.1) is 11.6 Å². The van der Waals surface area contributed by atoms with Crippen molar-refractivity contribution in [3.63, 3.8) is 0 Å². The van der Waals surface area contributed by atoms with Crippen molar-refractivity contribution in [3.8, 4) is 11.3 Å². The fraction of sp³-hybridized carbons (Fsp3) is 0.286. The fourth-order valence-electron chi connectivity index (χ4n) is 1.61. The normalized spacial score (nSPS) is 10.6. The van der Waals surface area contributed by atoms with Crippen LogP contribution in [0.15, 0.2) is 34.7 Å². The molecule has 0 saturated heterocycles. The summed E-state index contributed by atoms with van der Waals surface area (Å²) in [6.45, 7) is 4.89. The molecule has 0 aliphatic rings. The summed E-state index contributed by atoms with van der Waals surface area (Å²) in [5.41, 5.74) is 0.819. The minimum atomic E-state index is 0. The predicted molar refractivity (Wildman–Crippen MR) is 76.1 cm³/mol. The molecule has 0 unspecified atom stereocenters. The summed E-state index contributed by atoms with van der Waals surface area (Å²) in [7, 11) is 0. The summed E-state index contributed by atoms with van der Waals surface area (Å²) in [6.07, 6.45) is 0. The molecule has 1 aromatic heterocycles. The first-order valence-electron chi connectivity index (χ1n) is 5.84. The maximum atomic E-state index is 6.13. The summed E-state index contributed by atoms with van der Waals surface area (Å²) < 4.78 is 5.75. The minimum Gasteiger partial charge on any atom is -1.00 e. The second-order valence-corrected chi connectivity index (χ2v) is 5.27. The van der Waals surface area contributed by atoms with Crippen LogP contribution in [-0.2, 0) is 6.54 Å². The van der Waals surface area contributed by atoms with Crippen molar-refractivity contribution in [2.45, 2.75) is 26.4 Å². The van der Waals surface area contributed by atoms with Crippen LogP contribution in [0.25, 0.3) is 11.3 Å². The van der Waals surface area contributed by atoms with Gasteiger partial charge in [0.2, 0.25) is 0 Å². The van der Waals surface area contributed by atoms with Gasteiger partial charge < -0.3 is 22.1 Å². The topological polar surface area (TPSA) is 25.2 Å². The molecule has 5 heteroatoms. The average Bonchev–Trinajstić information content (AvgIpc) is 2.78. The highest BCUT2D eigenvalue weighted by molar-refractivity contribution is 6.35. The Morgan fingerprint density at radius 1 is 1.16 bits per heavy atom. The maximum absolute atomic E-state index is 6.13. The van der Waals surface area contributed by atoms with Crippen LogP contribution in [0, 0.1) is 0 Å². The molecule has 0 fully saturated rings. The number of hydrogen-bond acceptors (Lipinski definition) is 2. The van der Waals surface area contributed by atoms with Crippen molar-refractivity contribution in [3.05, 3.63) is 46.1 Å². The molecule has 1 N–H and O–H groups in total. The van der Waals surface area contributed by atoms with E-state index >= 15 is 0 Å². The highest BCUT2D eigenvalue weighted by atomic mass is 35.5. The van der Waals surface area contributed by atoms with Gasteiger partial charge in [-0.05, 0) is 30.3 Å². The van der Waals surface area contributed by atoms with Gasteiger partial charge in [0.1, 0.15) is 11.5 Å². The molecule has 0 radical (unpaired) electrons. The Bertz CT molecular complexity index is 537. The lowest BCUT2D eigenvalue weighted by atomic mass is 10.2. The average molecular weight is 320 g/mol. The third-order valence-electron chi connectivity index (χ3n) is 2.54. The van der Waals surface area contributed by atoms with Crippen molar-refractivity contribution in [1.82, 2.24) is 5.32 Å². The van der Waals surface area contributed by atoms with Crippen LogP contribution < -0.4 is 17.7 Å². The van der Waals surface area contributed by atoms with E-state index in [2.05, 4.69) is 19.2 Å². The van der Waals surface area contributed by atoms with Crippen molar-refractivity contribution in [1.29, 1.82) is 0 Å². The fourth-order valence-corrected chi connectivity index (χ4v) is 1.99. The van der Waals surface area contributed by atoms with Gasteiger partial charge in [-0.1, -0.05) is 37.0 Å². The van der Waals surface area contributed by atoms with Crippen LogP contribution in [0.4, 0.5) is 0 Å². The van der Waals surface area contributed by atoms with Gasteiger partial charge >= 0.3 is 0 Å². The van der Waals surface area contributed by atoms with Gasteiger partial charge in [0.25, 0.3) is 0 Å². The largest absolute Gasteiger partial charge is 1.00 e. The van der Waals surface area contributed by atoms with Crippen molar-refractivity contribution >= 4 is 23.2 Å². The smallest absolute Gasteiger partial charge is 0.135 e. The minimum absolute atomic E-state index is 0. The highest BCUT2D eigenvalue weighted by Gasteiger charge is 2.09. The van der Waals surface area contributed by atoms with Crippen LogP contribution in [0.5, 0.6) is 0 Å². The van der Waals surface area contributed by atoms with Gasteiger partial charge in [0, 0.05) is 16.6 Å². The third-order valence-corrected chi connectivity index (χ3v) is 3.10. The molecule has 0 aliphatic heterocycles. The van der Waals surface area contributed by atoms with Gasteiger partial charge in [0.15, 0.2) is 0 Å². The summed E-state index contributed by atoms with van der Waals surface area (Å²) in [5, 5.41) is 4.58. The van der Waals surface area contributed by atoms with Crippen LogP contribution in [-0.4, -0.2) is 6.04 Å². The Hall–Kier alpha value is -0.670. The molecule has 0 aliphatic carbocycles. The van der Waals surface area contributed by atoms with E-state index in [0.29, 0.717) is 22.6 Å². The Morgan fingerprint density at radius 3 is 2.58 bits per heavy atom. The van der Waals surface area contributed by atoms with Gasteiger partial charge in [-0.15, -0.1) is 0 Å². The van der Waals surface area contributed by atoms with Crippen molar-refractivity contribution in [2.75, 3.05) is 0 Å². The SMILES string of the molecule is CC(C)NCc1ccc(-c2cc(Cl)ccc2Cl)o1.[Cl-]. The molecule has 19 heavy (non-hydrogen) atoms. The van der Waals surface area contributed by atoms with Gasteiger partial charge in [-0.3, -0.25) is 0 Å². The van der Waals surface area contributed by atoms with Crippen molar-refractivity contribution in [2.24, 2.45) is 0 Å². The molecular weight excluding hydrogens is 305 g/mol. The summed E-state index contributed by atoms with van der Waals surface area (Å²) in [5.74, 6) is 1.62. The standard InChI is InChI=1S/C14H15Cl2NO.ClH/c1-9(2)17-8-11-4-6-14(18-11)12-7-10(15)3-5-13(12)16;/h3-7,9,17H,8H2,1-2H3;1H/p-1. The molecule has 0 saturated carbocycles. The summed E-state index contributed by atoms with van der Waals surface area (Å²) in [4.78, 5) is 0. The molecule has 0 spiro atoms. The molecule has 2 nitrogen and oxygen atoms in total. The first kappa shape index (κ1) is 16.4. The van der Waals surface area contributed by atoms with Crippen LogP contribution in [0.1, 0.15) is 19.6 Å². The van der Waals surface area contributed by atoms with Crippen LogP contribution >= 0.6 is 23.2 Å². The van der Waals surface area contributed by atoms with E-state index in [0.717, 1.165) is 17.1 Å². The van der Waals surface area contributed by atoms with Gasteiger partial charge in [-0.2, -0.15) is 0 Å². The number of halogens is 3. The molecule has 0 bridgehead atoms. The van der Waals surface area contributed by atoms with E-state index in [1.165, 1.54) is 0 Å². The number of benzene rings is 1. The van der Waals surface area contributed by atoms with E-state index in [4.69, 9.17) is 27.6 Å². The Balaban J connectivity index is 0.00000180. The van der Waals surface area contributed by atoms with Crippen LogP contribution in [0.3, 0.4) is 0 Å². The molecule has 1 aromatic carbocycles. The highest BCUT2D eigenvalue weighted by Crippen LogP contribution is 2.31. The molecule has 1 heterocycles. The monoisotopic (exact) mass is 318 g/mol. The molecule has 104 valence electrons. The first-order valence-corrected chi connectivity index (χ1v) is 6.59. The molecule has 2 rings (SSSR count).